The molecule has 0 atom stereocenters. The van der Waals surface area contributed by atoms with E-state index in [1.807, 2.05) is 35.2 Å². The number of halogens is 1. The zero-order valence-electron chi connectivity index (χ0n) is 11.6. The number of hydrogen-bond donors (Lipinski definition) is 1. The zero-order chi connectivity index (χ0) is 14.7. The number of pyridine rings is 1. The number of hydrogen-bond acceptors (Lipinski definition) is 3. The Morgan fingerprint density at radius 3 is 2.71 bits per heavy atom. The first-order valence-corrected chi connectivity index (χ1v) is 7.80. The first-order chi connectivity index (χ1) is 10.2. The molecule has 5 heteroatoms. The van der Waals surface area contributed by atoms with Gasteiger partial charge in [0.05, 0.1) is 5.69 Å². The van der Waals surface area contributed by atoms with E-state index < -0.39 is 0 Å². The highest BCUT2D eigenvalue weighted by Crippen LogP contribution is 2.25. The standard InChI is InChI=1S/C16H16BrN3O/c17-13-5-1-2-6-14(13)19-12-7-8-18-15(11-12)16(21)20-9-3-4-10-20/h1-2,5-8,11H,3-4,9-10H2,(H,18,19). The van der Waals surface area contributed by atoms with Gasteiger partial charge in [-0.1, -0.05) is 12.1 Å². The van der Waals surface area contributed by atoms with Crippen LogP contribution in [0.3, 0.4) is 0 Å². The SMILES string of the molecule is O=C(c1cc(Nc2ccccc2Br)ccn1)N1CCCC1. The molecule has 3 rings (SSSR count). The fraction of sp³-hybridized carbons (Fsp3) is 0.250. The molecule has 0 spiro atoms. The van der Waals surface area contributed by atoms with Gasteiger partial charge in [0, 0.05) is 29.4 Å². The second kappa shape index (κ2) is 6.26. The predicted octanol–water partition coefficient (Wildman–Crippen LogP) is 3.82. The molecule has 1 aliphatic heterocycles. The Labute approximate surface area is 132 Å². The molecule has 1 aliphatic rings. The molecule has 2 heterocycles. The first-order valence-electron chi connectivity index (χ1n) is 7.01. The molecule has 1 fully saturated rings. The molecule has 0 saturated carbocycles. The molecule has 4 nitrogen and oxygen atoms in total. The van der Waals surface area contributed by atoms with Crippen LogP contribution in [0.25, 0.3) is 0 Å². The molecule has 2 aromatic rings. The van der Waals surface area contributed by atoms with Crippen LogP contribution in [0.15, 0.2) is 47.1 Å². The van der Waals surface area contributed by atoms with Crippen LogP contribution in [0.4, 0.5) is 11.4 Å². The van der Waals surface area contributed by atoms with E-state index in [0.29, 0.717) is 5.69 Å². The second-order valence-electron chi connectivity index (χ2n) is 5.03. The van der Waals surface area contributed by atoms with Crippen LogP contribution in [0.5, 0.6) is 0 Å². The number of likely N-dealkylation sites (tertiary alicyclic amines) is 1. The summed E-state index contributed by atoms with van der Waals surface area (Å²) in [5, 5.41) is 3.30. The lowest BCUT2D eigenvalue weighted by Gasteiger charge is -2.15. The van der Waals surface area contributed by atoms with Gasteiger partial charge in [0.1, 0.15) is 5.69 Å². The summed E-state index contributed by atoms with van der Waals surface area (Å²) < 4.78 is 0.981. The number of aromatic nitrogens is 1. The van der Waals surface area contributed by atoms with Crippen LogP contribution >= 0.6 is 15.9 Å². The van der Waals surface area contributed by atoms with E-state index in [0.717, 1.165) is 41.8 Å². The summed E-state index contributed by atoms with van der Waals surface area (Å²) in [6.45, 7) is 1.67. The van der Waals surface area contributed by atoms with Crippen molar-refractivity contribution in [2.45, 2.75) is 12.8 Å². The van der Waals surface area contributed by atoms with Crippen LogP contribution < -0.4 is 5.32 Å². The topological polar surface area (TPSA) is 45.2 Å². The van der Waals surface area contributed by atoms with E-state index in [9.17, 15) is 4.79 Å². The summed E-state index contributed by atoms with van der Waals surface area (Å²) in [5.41, 5.74) is 2.32. The van der Waals surface area contributed by atoms with Crippen molar-refractivity contribution in [1.29, 1.82) is 0 Å². The minimum atomic E-state index is 0.0169. The van der Waals surface area contributed by atoms with Gasteiger partial charge in [0.25, 0.3) is 5.91 Å². The third-order valence-corrected chi connectivity index (χ3v) is 4.22. The molecule has 1 aromatic carbocycles. The van der Waals surface area contributed by atoms with Gasteiger partial charge in [-0.3, -0.25) is 9.78 Å². The fourth-order valence-electron chi connectivity index (χ4n) is 2.43. The van der Waals surface area contributed by atoms with E-state index >= 15 is 0 Å². The molecule has 1 saturated heterocycles. The van der Waals surface area contributed by atoms with Gasteiger partial charge in [-0.2, -0.15) is 0 Å². The van der Waals surface area contributed by atoms with Crippen LogP contribution in [-0.4, -0.2) is 28.9 Å². The highest BCUT2D eigenvalue weighted by Gasteiger charge is 2.20. The number of nitrogens with zero attached hydrogens (tertiary/aromatic N) is 2. The lowest BCUT2D eigenvalue weighted by molar-refractivity contribution is 0.0787. The number of anilines is 2. The smallest absolute Gasteiger partial charge is 0.272 e. The highest BCUT2D eigenvalue weighted by molar-refractivity contribution is 9.10. The first kappa shape index (κ1) is 14.1. The third-order valence-electron chi connectivity index (χ3n) is 3.53. The van der Waals surface area contributed by atoms with Crippen molar-refractivity contribution in [1.82, 2.24) is 9.88 Å². The Balaban J connectivity index is 1.80. The Kier molecular flexibility index (Phi) is 4.20. The molecule has 1 amide bonds. The van der Waals surface area contributed by atoms with Crippen LogP contribution in [-0.2, 0) is 0 Å². The largest absolute Gasteiger partial charge is 0.354 e. The van der Waals surface area contributed by atoms with Crippen LogP contribution in [0, 0.1) is 0 Å². The summed E-state index contributed by atoms with van der Waals surface area (Å²) in [7, 11) is 0. The summed E-state index contributed by atoms with van der Waals surface area (Å²) in [4.78, 5) is 18.4. The molecule has 0 unspecified atom stereocenters. The fourth-order valence-corrected chi connectivity index (χ4v) is 2.81. The number of benzene rings is 1. The predicted molar refractivity (Wildman–Crippen MR) is 86.8 cm³/mol. The average Bonchev–Trinajstić information content (AvgIpc) is 3.03. The lowest BCUT2D eigenvalue weighted by Crippen LogP contribution is -2.28. The molecule has 21 heavy (non-hydrogen) atoms. The monoisotopic (exact) mass is 345 g/mol. The van der Waals surface area contributed by atoms with Crippen molar-refractivity contribution in [2.75, 3.05) is 18.4 Å². The Morgan fingerprint density at radius 2 is 1.95 bits per heavy atom. The summed E-state index contributed by atoms with van der Waals surface area (Å²) >= 11 is 3.50. The van der Waals surface area contributed by atoms with Gasteiger partial charge in [0.15, 0.2) is 0 Å². The van der Waals surface area contributed by atoms with Crippen LogP contribution in [0.2, 0.25) is 0 Å². The van der Waals surface area contributed by atoms with E-state index in [2.05, 4.69) is 26.2 Å². The third kappa shape index (κ3) is 3.24. The highest BCUT2D eigenvalue weighted by atomic mass is 79.9. The van der Waals surface area contributed by atoms with Crippen molar-refractivity contribution in [3.63, 3.8) is 0 Å². The van der Waals surface area contributed by atoms with Gasteiger partial charge in [0.2, 0.25) is 0 Å². The number of para-hydroxylation sites is 1. The van der Waals surface area contributed by atoms with E-state index in [1.165, 1.54) is 0 Å². The van der Waals surface area contributed by atoms with Gasteiger partial charge < -0.3 is 10.2 Å². The van der Waals surface area contributed by atoms with Gasteiger partial charge >= 0.3 is 0 Å². The van der Waals surface area contributed by atoms with E-state index in [1.54, 1.807) is 12.3 Å². The molecule has 1 N–H and O–H groups in total. The maximum absolute atomic E-state index is 12.3. The van der Waals surface area contributed by atoms with Gasteiger partial charge in [-0.15, -0.1) is 0 Å². The van der Waals surface area contributed by atoms with Crippen molar-refractivity contribution in [3.05, 3.63) is 52.8 Å². The summed E-state index contributed by atoms with van der Waals surface area (Å²) in [6.07, 6.45) is 3.84. The average molecular weight is 346 g/mol. The number of nitrogens with one attached hydrogen (secondary N) is 1. The van der Waals surface area contributed by atoms with Gasteiger partial charge in [-0.25, -0.2) is 0 Å². The zero-order valence-corrected chi connectivity index (χ0v) is 13.1. The maximum Gasteiger partial charge on any atom is 0.272 e. The normalized spacial score (nSPS) is 14.2. The van der Waals surface area contributed by atoms with E-state index in [4.69, 9.17) is 0 Å². The Morgan fingerprint density at radius 1 is 1.19 bits per heavy atom. The van der Waals surface area contributed by atoms with Gasteiger partial charge in [-0.05, 0) is 53.0 Å². The lowest BCUT2D eigenvalue weighted by atomic mass is 10.2. The molecule has 0 bridgehead atoms. The van der Waals surface area contributed by atoms with E-state index in [-0.39, 0.29) is 5.91 Å². The summed E-state index contributed by atoms with van der Waals surface area (Å²) in [5.74, 6) is 0.0169. The summed E-state index contributed by atoms with van der Waals surface area (Å²) in [6, 6.07) is 11.5. The Bertz CT molecular complexity index is 653. The maximum atomic E-state index is 12.3. The van der Waals surface area contributed by atoms with Crippen molar-refractivity contribution < 1.29 is 4.79 Å². The minimum absolute atomic E-state index is 0.0169. The van der Waals surface area contributed by atoms with Crippen molar-refractivity contribution in [3.8, 4) is 0 Å². The molecule has 1 aromatic heterocycles. The van der Waals surface area contributed by atoms with Crippen molar-refractivity contribution >= 4 is 33.2 Å². The Hall–Kier alpha value is -1.88. The quantitative estimate of drug-likeness (QED) is 0.919. The minimum Gasteiger partial charge on any atom is -0.354 e. The number of amides is 1. The molecule has 108 valence electrons. The molecular weight excluding hydrogens is 330 g/mol. The molecule has 0 radical (unpaired) electrons. The number of rotatable bonds is 3. The molecular formula is C16H16BrN3O. The molecule has 0 aliphatic carbocycles. The van der Waals surface area contributed by atoms with Crippen LogP contribution in [0.1, 0.15) is 23.3 Å². The number of carbonyl (C=O) groups excluding carboxylic acids is 1. The second-order valence-corrected chi connectivity index (χ2v) is 5.89. The van der Waals surface area contributed by atoms with Crippen molar-refractivity contribution in [2.24, 2.45) is 0 Å². The number of carbonyl (C=O) groups is 1.